The van der Waals surface area contributed by atoms with E-state index in [9.17, 15) is 4.79 Å². The van der Waals surface area contributed by atoms with Crippen molar-refractivity contribution in [3.05, 3.63) is 28.8 Å². The maximum absolute atomic E-state index is 11.0. The van der Waals surface area contributed by atoms with Gasteiger partial charge in [-0.2, -0.15) is 0 Å². The Kier molecular flexibility index (Phi) is 5.01. The van der Waals surface area contributed by atoms with E-state index >= 15 is 0 Å². The van der Waals surface area contributed by atoms with Gasteiger partial charge in [-0.05, 0) is 31.9 Å². The first-order valence-corrected chi connectivity index (χ1v) is 6.02. The maximum atomic E-state index is 11.0. The van der Waals surface area contributed by atoms with E-state index in [1.807, 2.05) is 20.8 Å². The Bertz CT molecular complexity index is 376. The summed E-state index contributed by atoms with van der Waals surface area (Å²) >= 11 is 0. The van der Waals surface area contributed by atoms with Crippen LogP contribution in [-0.2, 0) is 4.79 Å². The van der Waals surface area contributed by atoms with Crippen LogP contribution in [0.1, 0.15) is 30.0 Å². The van der Waals surface area contributed by atoms with Gasteiger partial charge in [0.25, 0.3) is 0 Å². The normalized spacial score (nSPS) is 10.1. The van der Waals surface area contributed by atoms with Gasteiger partial charge in [0.2, 0.25) is 5.91 Å². The van der Waals surface area contributed by atoms with Crippen molar-refractivity contribution in [3.63, 3.8) is 0 Å². The van der Waals surface area contributed by atoms with Crippen molar-refractivity contribution in [2.24, 2.45) is 0 Å². The molecule has 0 fully saturated rings. The van der Waals surface area contributed by atoms with Crippen molar-refractivity contribution in [3.8, 4) is 5.75 Å². The molecule has 0 bridgehead atoms. The first-order valence-electron chi connectivity index (χ1n) is 6.02. The van der Waals surface area contributed by atoms with Gasteiger partial charge in [0, 0.05) is 6.42 Å². The Labute approximate surface area is 103 Å². The third-order valence-corrected chi connectivity index (χ3v) is 2.60. The number of ether oxygens (including phenoxy) is 1. The van der Waals surface area contributed by atoms with Crippen LogP contribution < -0.4 is 10.1 Å². The number of hydrogen-bond acceptors (Lipinski definition) is 2. The maximum Gasteiger partial charge on any atom is 0.219 e. The van der Waals surface area contributed by atoms with Gasteiger partial charge in [-0.15, -0.1) is 0 Å². The molecule has 17 heavy (non-hydrogen) atoms. The molecule has 1 amide bonds. The quantitative estimate of drug-likeness (QED) is 0.796. The summed E-state index contributed by atoms with van der Waals surface area (Å²) in [5, 5.41) is 2.79. The number of rotatable bonds is 5. The van der Waals surface area contributed by atoms with E-state index in [-0.39, 0.29) is 5.91 Å². The molecule has 0 radical (unpaired) electrons. The predicted molar refractivity (Wildman–Crippen MR) is 69.4 cm³/mol. The van der Waals surface area contributed by atoms with Crippen molar-refractivity contribution in [2.75, 3.05) is 13.2 Å². The molecule has 1 N–H and O–H groups in total. The average molecular weight is 235 g/mol. The molecule has 0 saturated heterocycles. The second kappa shape index (κ2) is 6.28. The third kappa shape index (κ3) is 4.10. The largest absolute Gasteiger partial charge is 0.491 e. The monoisotopic (exact) mass is 235 g/mol. The highest BCUT2D eigenvalue weighted by Crippen LogP contribution is 2.24. The van der Waals surface area contributed by atoms with Crippen molar-refractivity contribution in [2.45, 2.75) is 34.1 Å². The van der Waals surface area contributed by atoms with Gasteiger partial charge < -0.3 is 10.1 Å². The van der Waals surface area contributed by atoms with Crippen molar-refractivity contribution in [1.29, 1.82) is 0 Å². The van der Waals surface area contributed by atoms with E-state index in [1.54, 1.807) is 0 Å². The molecule has 1 aromatic carbocycles. The highest BCUT2D eigenvalue weighted by molar-refractivity contribution is 5.75. The van der Waals surface area contributed by atoms with Crippen LogP contribution in [-0.4, -0.2) is 19.1 Å². The molecule has 0 atom stereocenters. The smallest absolute Gasteiger partial charge is 0.219 e. The fourth-order valence-electron chi connectivity index (χ4n) is 1.86. The zero-order valence-electron chi connectivity index (χ0n) is 11.1. The lowest BCUT2D eigenvalue weighted by molar-refractivity contribution is -0.120. The zero-order valence-corrected chi connectivity index (χ0v) is 11.1. The number of hydrogen-bond donors (Lipinski definition) is 1. The molecular formula is C14H21NO2. The van der Waals surface area contributed by atoms with E-state index in [0.29, 0.717) is 19.6 Å². The minimum absolute atomic E-state index is 0.0611. The molecule has 1 aromatic rings. The molecule has 0 aliphatic heterocycles. The minimum Gasteiger partial charge on any atom is -0.491 e. The lowest BCUT2D eigenvalue weighted by atomic mass is 10.1. The highest BCUT2D eigenvalue weighted by Gasteiger charge is 2.04. The SMILES string of the molecule is CCC(=O)NCCOc1c(C)cc(C)cc1C. The third-order valence-electron chi connectivity index (χ3n) is 2.60. The topological polar surface area (TPSA) is 38.3 Å². The van der Waals surface area contributed by atoms with Crippen molar-refractivity contribution < 1.29 is 9.53 Å². The van der Waals surface area contributed by atoms with Gasteiger partial charge in [-0.25, -0.2) is 0 Å². The minimum atomic E-state index is 0.0611. The number of nitrogens with one attached hydrogen (secondary N) is 1. The van der Waals surface area contributed by atoms with Crippen LogP contribution in [0, 0.1) is 20.8 Å². The highest BCUT2D eigenvalue weighted by atomic mass is 16.5. The van der Waals surface area contributed by atoms with Gasteiger partial charge in [0.15, 0.2) is 0 Å². The van der Waals surface area contributed by atoms with Crippen LogP contribution in [0.5, 0.6) is 5.75 Å². The summed E-state index contributed by atoms with van der Waals surface area (Å²) < 4.78 is 5.70. The van der Waals surface area contributed by atoms with E-state index < -0.39 is 0 Å². The van der Waals surface area contributed by atoms with Crippen LogP contribution in [0.2, 0.25) is 0 Å². The van der Waals surface area contributed by atoms with Crippen LogP contribution in [0.3, 0.4) is 0 Å². The summed E-state index contributed by atoms with van der Waals surface area (Å²) in [5.74, 6) is 0.993. The molecule has 94 valence electrons. The van der Waals surface area contributed by atoms with E-state index in [4.69, 9.17) is 4.74 Å². The predicted octanol–water partition coefficient (Wildman–Crippen LogP) is 2.52. The summed E-state index contributed by atoms with van der Waals surface area (Å²) in [6.07, 6.45) is 0.516. The van der Waals surface area contributed by atoms with Gasteiger partial charge >= 0.3 is 0 Å². The van der Waals surface area contributed by atoms with Crippen LogP contribution >= 0.6 is 0 Å². The molecule has 0 aliphatic carbocycles. The number of carbonyl (C=O) groups is 1. The van der Waals surface area contributed by atoms with Crippen LogP contribution in [0.15, 0.2) is 12.1 Å². The first kappa shape index (κ1) is 13.6. The number of benzene rings is 1. The molecule has 0 unspecified atom stereocenters. The molecular weight excluding hydrogens is 214 g/mol. The molecule has 0 saturated carbocycles. The van der Waals surface area contributed by atoms with Crippen molar-refractivity contribution in [1.82, 2.24) is 5.32 Å². The Hall–Kier alpha value is -1.51. The number of aryl methyl sites for hydroxylation is 3. The summed E-state index contributed by atoms with van der Waals surface area (Å²) in [7, 11) is 0. The zero-order chi connectivity index (χ0) is 12.8. The summed E-state index contributed by atoms with van der Waals surface area (Å²) in [6, 6.07) is 4.21. The first-order chi connectivity index (χ1) is 8.04. The Morgan fingerprint density at radius 1 is 1.24 bits per heavy atom. The van der Waals surface area contributed by atoms with Gasteiger partial charge in [-0.1, -0.05) is 24.6 Å². The molecule has 0 aliphatic rings. The molecule has 3 heteroatoms. The van der Waals surface area contributed by atoms with E-state index in [2.05, 4.69) is 24.4 Å². The van der Waals surface area contributed by atoms with Gasteiger partial charge in [0.1, 0.15) is 12.4 Å². The Balaban J connectivity index is 2.50. The molecule has 0 heterocycles. The Morgan fingerprint density at radius 2 is 1.82 bits per heavy atom. The number of carbonyl (C=O) groups excluding carboxylic acids is 1. The lowest BCUT2D eigenvalue weighted by Gasteiger charge is -2.13. The molecule has 0 aromatic heterocycles. The summed E-state index contributed by atoms with van der Waals surface area (Å²) in [5.41, 5.74) is 3.53. The Morgan fingerprint density at radius 3 is 2.35 bits per heavy atom. The second-order valence-electron chi connectivity index (χ2n) is 4.28. The average Bonchev–Trinajstić information content (AvgIpc) is 2.26. The fourth-order valence-corrected chi connectivity index (χ4v) is 1.86. The van der Waals surface area contributed by atoms with E-state index in [0.717, 1.165) is 16.9 Å². The molecule has 3 nitrogen and oxygen atoms in total. The second-order valence-corrected chi connectivity index (χ2v) is 4.28. The molecule has 1 rings (SSSR count). The van der Waals surface area contributed by atoms with Gasteiger partial charge in [-0.3, -0.25) is 4.79 Å². The fraction of sp³-hybridized carbons (Fsp3) is 0.500. The lowest BCUT2D eigenvalue weighted by Crippen LogP contribution is -2.27. The van der Waals surface area contributed by atoms with E-state index in [1.165, 1.54) is 5.56 Å². The number of amides is 1. The van der Waals surface area contributed by atoms with Crippen LogP contribution in [0.25, 0.3) is 0 Å². The molecule has 0 spiro atoms. The summed E-state index contributed by atoms with van der Waals surface area (Å²) in [6.45, 7) is 9.06. The van der Waals surface area contributed by atoms with Gasteiger partial charge in [0.05, 0.1) is 6.54 Å². The standard InChI is InChI=1S/C14H21NO2/c1-5-13(16)15-6-7-17-14-11(3)8-10(2)9-12(14)4/h8-9H,5-7H2,1-4H3,(H,15,16). The summed E-state index contributed by atoms with van der Waals surface area (Å²) in [4.78, 5) is 11.0. The van der Waals surface area contributed by atoms with Crippen molar-refractivity contribution >= 4 is 5.91 Å². The van der Waals surface area contributed by atoms with Crippen LogP contribution in [0.4, 0.5) is 0 Å².